The van der Waals surface area contributed by atoms with Crippen LogP contribution >= 0.6 is 17.0 Å². The van der Waals surface area contributed by atoms with Crippen molar-refractivity contribution in [3.05, 3.63) is 76.4 Å². The van der Waals surface area contributed by atoms with Crippen LogP contribution in [-0.4, -0.2) is 24.0 Å². The zero-order valence-corrected chi connectivity index (χ0v) is 16.3. The summed E-state index contributed by atoms with van der Waals surface area (Å²) in [4.78, 5) is 2.60. The van der Waals surface area contributed by atoms with E-state index >= 15 is 0 Å². The molecule has 2 aliphatic rings. The second kappa shape index (κ2) is 7.25. The van der Waals surface area contributed by atoms with Gasteiger partial charge in [-0.3, -0.25) is 4.90 Å². The van der Waals surface area contributed by atoms with E-state index in [1.54, 1.807) is 5.57 Å². The molecule has 1 nitrogen and oxygen atoms in total. The molecule has 2 aromatic rings. The zero-order chi connectivity index (χ0) is 15.8. The van der Waals surface area contributed by atoms with Crippen LogP contribution in [0.2, 0.25) is 0 Å². The van der Waals surface area contributed by atoms with Gasteiger partial charge in [0.25, 0.3) is 0 Å². The van der Waals surface area contributed by atoms with Crippen LogP contribution in [0.15, 0.2) is 54.1 Å². The number of likely N-dealkylation sites (N-methyl/N-ethyl adjacent to an activating group) is 1. The van der Waals surface area contributed by atoms with Gasteiger partial charge >= 0.3 is 0 Å². The molecule has 0 N–H and O–H groups in total. The molecule has 0 spiro atoms. The van der Waals surface area contributed by atoms with Gasteiger partial charge in [0, 0.05) is 12.6 Å². The van der Waals surface area contributed by atoms with Crippen LogP contribution in [0.5, 0.6) is 0 Å². The predicted octanol–water partition coefficient (Wildman–Crippen LogP) is 5.28. The first-order chi connectivity index (χ1) is 11.3. The van der Waals surface area contributed by atoms with Crippen molar-refractivity contribution in [1.82, 2.24) is 4.90 Å². The highest BCUT2D eigenvalue weighted by molar-refractivity contribution is 8.93. The van der Waals surface area contributed by atoms with Gasteiger partial charge in [0.05, 0.1) is 0 Å². The SMILES string of the molecule is Br.CCN1CCC(=C2c3ccccc3CCc3ccccc32)C1C. The Kier molecular flexibility index (Phi) is 5.27. The molecule has 1 heterocycles. The van der Waals surface area contributed by atoms with E-state index in [2.05, 4.69) is 67.3 Å². The average molecular weight is 384 g/mol. The van der Waals surface area contributed by atoms with Crippen LogP contribution in [0.25, 0.3) is 5.57 Å². The van der Waals surface area contributed by atoms with Gasteiger partial charge in [0.2, 0.25) is 0 Å². The number of hydrogen-bond donors (Lipinski definition) is 0. The summed E-state index contributed by atoms with van der Waals surface area (Å²) in [6.07, 6.45) is 3.50. The number of benzene rings is 2. The first kappa shape index (κ1) is 17.4. The van der Waals surface area contributed by atoms with Crippen LogP contribution in [0, 0.1) is 0 Å². The number of hydrogen-bond acceptors (Lipinski definition) is 1. The lowest BCUT2D eigenvalue weighted by Gasteiger charge is -2.22. The van der Waals surface area contributed by atoms with Crippen LogP contribution in [-0.2, 0) is 12.8 Å². The minimum Gasteiger partial charge on any atom is -0.297 e. The lowest BCUT2D eigenvalue weighted by atomic mass is 9.87. The molecule has 0 amide bonds. The number of likely N-dealkylation sites (tertiary alicyclic amines) is 1. The van der Waals surface area contributed by atoms with E-state index in [1.807, 2.05) is 0 Å². The molecule has 1 aliphatic heterocycles. The lowest BCUT2D eigenvalue weighted by Crippen LogP contribution is -2.27. The fourth-order valence-corrected chi connectivity index (χ4v) is 4.38. The third-order valence-corrected chi connectivity index (χ3v) is 5.68. The Labute approximate surface area is 156 Å². The van der Waals surface area contributed by atoms with Gasteiger partial charge in [-0.1, -0.05) is 55.5 Å². The van der Waals surface area contributed by atoms with Crippen LogP contribution in [0.1, 0.15) is 42.5 Å². The van der Waals surface area contributed by atoms with Crippen molar-refractivity contribution in [2.45, 2.75) is 39.2 Å². The van der Waals surface area contributed by atoms with Gasteiger partial charge in [-0.05, 0) is 66.1 Å². The first-order valence-corrected chi connectivity index (χ1v) is 8.93. The monoisotopic (exact) mass is 383 g/mol. The van der Waals surface area contributed by atoms with Crippen LogP contribution < -0.4 is 0 Å². The summed E-state index contributed by atoms with van der Waals surface area (Å²) >= 11 is 0. The highest BCUT2D eigenvalue weighted by Gasteiger charge is 2.29. The van der Waals surface area contributed by atoms with E-state index in [4.69, 9.17) is 0 Å². The van der Waals surface area contributed by atoms with E-state index in [-0.39, 0.29) is 17.0 Å². The van der Waals surface area contributed by atoms with E-state index in [0.29, 0.717) is 6.04 Å². The van der Waals surface area contributed by atoms with Crippen molar-refractivity contribution in [3.8, 4) is 0 Å². The summed E-state index contributed by atoms with van der Waals surface area (Å²) < 4.78 is 0. The quantitative estimate of drug-likeness (QED) is 0.647. The van der Waals surface area contributed by atoms with Crippen molar-refractivity contribution in [3.63, 3.8) is 0 Å². The summed E-state index contributed by atoms with van der Waals surface area (Å²) in [7, 11) is 0. The van der Waals surface area contributed by atoms with E-state index < -0.39 is 0 Å². The molecular formula is C22H26BrN. The van der Waals surface area contributed by atoms with Crippen molar-refractivity contribution in [1.29, 1.82) is 0 Å². The fraction of sp³-hybridized carbons (Fsp3) is 0.364. The molecule has 0 radical (unpaired) electrons. The highest BCUT2D eigenvalue weighted by atomic mass is 79.9. The molecule has 4 rings (SSSR count). The predicted molar refractivity (Wildman–Crippen MR) is 108 cm³/mol. The van der Waals surface area contributed by atoms with E-state index in [0.717, 1.165) is 19.4 Å². The molecular weight excluding hydrogens is 358 g/mol. The maximum atomic E-state index is 2.60. The number of fused-ring (bicyclic) bond motifs is 2. The smallest absolute Gasteiger partial charge is 0.0289 e. The minimum absolute atomic E-state index is 0. The first-order valence-electron chi connectivity index (χ1n) is 8.93. The maximum Gasteiger partial charge on any atom is 0.0289 e. The topological polar surface area (TPSA) is 3.24 Å². The van der Waals surface area contributed by atoms with Crippen molar-refractivity contribution < 1.29 is 0 Å². The zero-order valence-electron chi connectivity index (χ0n) is 14.6. The molecule has 1 aliphatic carbocycles. The number of halogens is 1. The lowest BCUT2D eigenvalue weighted by molar-refractivity contribution is 0.298. The molecule has 1 fully saturated rings. The van der Waals surface area contributed by atoms with Crippen molar-refractivity contribution in [2.75, 3.05) is 13.1 Å². The molecule has 126 valence electrons. The van der Waals surface area contributed by atoms with Gasteiger partial charge in [0.15, 0.2) is 0 Å². The Hall–Kier alpha value is -1.38. The van der Waals surface area contributed by atoms with Gasteiger partial charge in [-0.15, -0.1) is 17.0 Å². The Bertz CT molecular complexity index is 713. The number of aryl methyl sites for hydroxylation is 2. The standard InChI is InChI=1S/C22H25N.BrH/c1-3-23-15-14-19(16(23)2)22-20-10-6-4-8-17(20)12-13-18-9-5-7-11-21(18)22;/h4-11,16H,3,12-15H2,1-2H3;1H. The van der Waals surface area contributed by atoms with Crippen LogP contribution in [0.3, 0.4) is 0 Å². The normalized spacial score (nSPS) is 20.2. The third-order valence-electron chi connectivity index (χ3n) is 5.68. The molecule has 0 aromatic heterocycles. The Morgan fingerprint density at radius 3 is 1.92 bits per heavy atom. The molecule has 24 heavy (non-hydrogen) atoms. The number of rotatable bonds is 1. The minimum atomic E-state index is 0. The molecule has 1 atom stereocenters. The molecule has 0 bridgehead atoms. The number of nitrogens with zero attached hydrogens (tertiary/aromatic N) is 1. The average Bonchev–Trinajstić information content (AvgIpc) is 2.87. The fourth-order valence-electron chi connectivity index (χ4n) is 4.38. The molecule has 2 aromatic carbocycles. The molecule has 2 heteroatoms. The maximum absolute atomic E-state index is 2.60. The summed E-state index contributed by atoms with van der Waals surface area (Å²) in [5.41, 5.74) is 9.11. The Morgan fingerprint density at radius 2 is 1.42 bits per heavy atom. The van der Waals surface area contributed by atoms with Crippen LogP contribution in [0.4, 0.5) is 0 Å². The molecule has 1 unspecified atom stereocenters. The highest BCUT2D eigenvalue weighted by Crippen LogP contribution is 2.40. The summed E-state index contributed by atoms with van der Waals surface area (Å²) in [6.45, 7) is 7.00. The van der Waals surface area contributed by atoms with Gasteiger partial charge < -0.3 is 0 Å². The second-order valence-electron chi connectivity index (χ2n) is 6.77. The molecule has 0 saturated carbocycles. The summed E-state index contributed by atoms with van der Waals surface area (Å²) in [5.74, 6) is 0. The summed E-state index contributed by atoms with van der Waals surface area (Å²) in [6, 6.07) is 18.6. The summed E-state index contributed by atoms with van der Waals surface area (Å²) in [5, 5.41) is 0. The Balaban J connectivity index is 0.00000169. The van der Waals surface area contributed by atoms with E-state index in [1.165, 1.54) is 40.8 Å². The van der Waals surface area contributed by atoms with Gasteiger partial charge in [0.1, 0.15) is 0 Å². The van der Waals surface area contributed by atoms with Crippen molar-refractivity contribution >= 4 is 22.6 Å². The largest absolute Gasteiger partial charge is 0.297 e. The molecule has 1 saturated heterocycles. The second-order valence-corrected chi connectivity index (χ2v) is 6.77. The van der Waals surface area contributed by atoms with E-state index in [9.17, 15) is 0 Å². The van der Waals surface area contributed by atoms with Gasteiger partial charge in [-0.2, -0.15) is 0 Å². The van der Waals surface area contributed by atoms with Crippen molar-refractivity contribution in [2.24, 2.45) is 0 Å². The third kappa shape index (κ3) is 2.87. The van der Waals surface area contributed by atoms with Gasteiger partial charge in [-0.25, -0.2) is 0 Å². The Morgan fingerprint density at radius 1 is 0.875 bits per heavy atom.